The fourth-order valence-electron chi connectivity index (χ4n) is 2.12. The summed E-state index contributed by atoms with van der Waals surface area (Å²) in [6.45, 7) is 2.69. The first-order valence-electron chi connectivity index (χ1n) is 5.99. The van der Waals surface area contributed by atoms with E-state index in [1.54, 1.807) is 6.07 Å². The lowest BCUT2D eigenvalue weighted by Crippen LogP contribution is -2.24. The normalized spacial score (nSPS) is 17.6. The molecule has 2 nitrogen and oxygen atoms in total. The van der Waals surface area contributed by atoms with E-state index >= 15 is 0 Å². The second kappa shape index (κ2) is 4.33. The molecular weight excluding hydrogens is 229 g/mol. The molecule has 0 radical (unpaired) electrons. The highest BCUT2D eigenvalue weighted by Crippen LogP contribution is 2.36. The number of rotatable bonds is 1. The second-order valence-electron chi connectivity index (χ2n) is 4.51. The van der Waals surface area contributed by atoms with Crippen LogP contribution in [0.1, 0.15) is 17.2 Å². The monoisotopic (exact) mass is 243 g/mol. The van der Waals surface area contributed by atoms with Gasteiger partial charge in [-0.05, 0) is 24.6 Å². The zero-order chi connectivity index (χ0) is 12.5. The predicted molar refractivity (Wildman–Crippen MR) is 69.4 cm³/mol. The maximum absolute atomic E-state index is 13.7. The molecular formula is C15H14FNO. The number of hydrogen-bond acceptors (Lipinski definition) is 2. The number of benzene rings is 2. The summed E-state index contributed by atoms with van der Waals surface area (Å²) in [4.78, 5) is 0. The maximum atomic E-state index is 13.7. The molecule has 0 spiro atoms. The molecule has 0 aliphatic carbocycles. The van der Waals surface area contributed by atoms with E-state index in [2.05, 4.69) is 5.32 Å². The second-order valence-corrected chi connectivity index (χ2v) is 4.51. The Bertz CT molecular complexity index is 565. The Kier molecular flexibility index (Phi) is 2.67. The lowest BCUT2D eigenvalue weighted by atomic mass is 10.1. The van der Waals surface area contributed by atoms with Crippen LogP contribution >= 0.6 is 0 Å². The molecule has 1 aliphatic heterocycles. The lowest BCUT2D eigenvalue weighted by molar-refractivity contribution is 0.200. The van der Waals surface area contributed by atoms with Crippen molar-refractivity contribution in [2.75, 3.05) is 11.9 Å². The number of halogens is 1. The van der Waals surface area contributed by atoms with Crippen LogP contribution in [-0.2, 0) is 0 Å². The Hall–Kier alpha value is -2.03. The highest BCUT2D eigenvalue weighted by atomic mass is 19.1. The van der Waals surface area contributed by atoms with Crippen LogP contribution in [0.4, 0.5) is 10.1 Å². The molecule has 3 rings (SSSR count). The Labute approximate surface area is 105 Å². The minimum absolute atomic E-state index is 0.144. The molecule has 1 atom stereocenters. The highest BCUT2D eigenvalue weighted by Gasteiger charge is 2.23. The molecule has 92 valence electrons. The van der Waals surface area contributed by atoms with Crippen molar-refractivity contribution in [3.8, 4) is 5.75 Å². The largest absolute Gasteiger partial charge is 0.479 e. The van der Waals surface area contributed by atoms with E-state index in [4.69, 9.17) is 4.74 Å². The van der Waals surface area contributed by atoms with E-state index in [9.17, 15) is 4.39 Å². The highest BCUT2D eigenvalue weighted by molar-refractivity contribution is 5.58. The number of fused-ring (bicyclic) bond motifs is 1. The Morgan fingerprint density at radius 1 is 1.17 bits per heavy atom. The van der Waals surface area contributed by atoms with Crippen LogP contribution in [0, 0.1) is 12.7 Å². The summed E-state index contributed by atoms with van der Waals surface area (Å²) in [6, 6.07) is 13.0. The van der Waals surface area contributed by atoms with Gasteiger partial charge in [0.15, 0.2) is 11.6 Å². The Balaban J connectivity index is 1.90. The first kappa shape index (κ1) is 11.1. The molecule has 1 N–H and O–H groups in total. The van der Waals surface area contributed by atoms with Gasteiger partial charge in [-0.15, -0.1) is 0 Å². The summed E-state index contributed by atoms with van der Waals surface area (Å²) in [5.41, 5.74) is 2.98. The van der Waals surface area contributed by atoms with Crippen molar-refractivity contribution in [3.63, 3.8) is 0 Å². The molecule has 0 amide bonds. The third-order valence-electron chi connectivity index (χ3n) is 3.15. The average Bonchev–Trinajstić information content (AvgIpc) is 2.40. The van der Waals surface area contributed by atoms with E-state index in [1.165, 1.54) is 11.6 Å². The van der Waals surface area contributed by atoms with Crippen molar-refractivity contribution in [3.05, 3.63) is 59.4 Å². The van der Waals surface area contributed by atoms with Gasteiger partial charge in [-0.25, -0.2) is 4.39 Å². The minimum Gasteiger partial charge on any atom is -0.479 e. The number of para-hydroxylation sites is 1. The van der Waals surface area contributed by atoms with Crippen molar-refractivity contribution in [2.24, 2.45) is 0 Å². The smallest absolute Gasteiger partial charge is 0.179 e. The molecule has 0 saturated carbocycles. The Morgan fingerprint density at radius 3 is 2.72 bits per heavy atom. The van der Waals surface area contributed by atoms with Gasteiger partial charge < -0.3 is 10.1 Å². The Morgan fingerprint density at radius 2 is 1.94 bits per heavy atom. The standard InChI is InChI=1S/C15H14FNO/c1-10-5-7-11(8-6-10)14-9-17-13-4-2-3-12(16)15(13)18-14/h2-8,14,17H,9H2,1H3. The maximum Gasteiger partial charge on any atom is 0.179 e. The quantitative estimate of drug-likeness (QED) is 0.825. The van der Waals surface area contributed by atoms with Crippen molar-refractivity contribution < 1.29 is 9.13 Å². The fraction of sp³-hybridized carbons (Fsp3) is 0.200. The molecule has 1 unspecified atom stereocenters. The van der Waals surface area contributed by atoms with E-state index in [-0.39, 0.29) is 11.9 Å². The van der Waals surface area contributed by atoms with Gasteiger partial charge in [0.2, 0.25) is 0 Å². The van der Waals surface area contributed by atoms with Crippen LogP contribution in [0.5, 0.6) is 5.75 Å². The van der Waals surface area contributed by atoms with Crippen molar-refractivity contribution >= 4 is 5.69 Å². The number of hydrogen-bond donors (Lipinski definition) is 1. The summed E-state index contributed by atoms with van der Waals surface area (Å²) in [7, 11) is 0. The summed E-state index contributed by atoms with van der Waals surface area (Å²) in [6.07, 6.45) is -0.144. The molecule has 1 heterocycles. The predicted octanol–water partition coefficient (Wildman–Crippen LogP) is 3.68. The van der Waals surface area contributed by atoms with E-state index in [1.807, 2.05) is 37.3 Å². The van der Waals surface area contributed by atoms with Gasteiger partial charge >= 0.3 is 0 Å². The van der Waals surface area contributed by atoms with Crippen molar-refractivity contribution in [2.45, 2.75) is 13.0 Å². The van der Waals surface area contributed by atoms with Crippen LogP contribution in [0.2, 0.25) is 0 Å². The molecule has 3 heteroatoms. The molecule has 2 aromatic carbocycles. The van der Waals surface area contributed by atoms with Crippen LogP contribution in [0.15, 0.2) is 42.5 Å². The van der Waals surface area contributed by atoms with Gasteiger partial charge in [-0.3, -0.25) is 0 Å². The van der Waals surface area contributed by atoms with Crippen LogP contribution in [0.3, 0.4) is 0 Å². The van der Waals surface area contributed by atoms with Gasteiger partial charge in [0, 0.05) is 0 Å². The topological polar surface area (TPSA) is 21.3 Å². The summed E-state index contributed by atoms with van der Waals surface area (Å²) in [5.74, 6) is -0.00821. The first-order chi connectivity index (χ1) is 8.74. The van der Waals surface area contributed by atoms with Crippen LogP contribution in [-0.4, -0.2) is 6.54 Å². The summed E-state index contributed by atoms with van der Waals surface area (Å²) in [5, 5.41) is 3.20. The summed E-state index contributed by atoms with van der Waals surface area (Å²) >= 11 is 0. The molecule has 0 saturated heterocycles. The number of aryl methyl sites for hydroxylation is 1. The SMILES string of the molecule is Cc1ccc(C2CNc3cccc(F)c3O2)cc1. The fourth-order valence-corrected chi connectivity index (χ4v) is 2.12. The third kappa shape index (κ3) is 1.92. The molecule has 1 aliphatic rings. The third-order valence-corrected chi connectivity index (χ3v) is 3.15. The van der Waals surface area contributed by atoms with Crippen LogP contribution < -0.4 is 10.1 Å². The van der Waals surface area contributed by atoms with Crippen LogP contribution in [0.25, 0.3) is 0 Å². The first-order valence-corrected chi connectivity index (χ1v) is 5.99. The number of nitrogens with one attached hydrogen (secondary N) is 1. The zero-order valence-corrected chi connectivity index (χ0v) is 10.1. The minimum atomic E-state index is -0.322. The van der Waals surface area contributed by atoms with Gasteiger partial charge in [0.25, 0.3) is 0 Å². The zero-order valence-electron chi connectivity index (χ0n) is 10.1. The van der Waals surface area contributed by atoms with E-state index in [0.29, 0.717) is 12.3 Å². The van der Waals surface area contributed by atoms with E-state index < -0.39 is 0 Å². The number of ether oxygens (including phenoxy) is 1. The number of anilines is 1. The van der Waals surface area contributed by atoms with Gasteiger partial charge in [0.05, 0.1) is 12.2 Å². The molecule has 18 heavy (non-hydrogen) atoms. The van der Waals surface area contributed by atoms with Crippen molar-refractivity contribution in [1.29, 1.82) is 0 Å². The van der Waals surface area contributed by atoms with Crippen molar-refractivity contribution in [1.82, 2.24) is 0 Å². The molecule has 2 aromatic rings. The molecule has 0 aromatic heterocycles. The molecule has 0 fully saturated rings. The summed E-state index contributed by atoms with van der Waals surface area (Å²) < 4.78 is 19.4. The average molecular weight is 243 g/mol. The van der Waals surface area contributed by atoms with Gasteiger partial charge in [0.1, 0.15) is 6.10 Å². The van der Waals surface area contributed by atoms with Gasteiger partial charge in [-0.2, -0.15) is 0 Å². The van der Waals surface area contributed by atoms with E-state index in [0.717, 1.165) is 11.3 Å². The van der Waals surface area contributed by atoms with Gasteiger partial charge in [-0.1, -0.05) is 35.9 Å². The molecule has 0 bridgehead atoms. The lowest BCUT2D eigenvalue weighted by Gasteiger charge is -2.27.